The first-order valence-electron chi connectivity index (χ1n) is 6.24. The van der Waals surface area contributed by atoms with E-state index in [0.29, 0.717) is 30.7 Å². The van der Waals surface area contributed by atoms with Crippen molar-refractivity contribution in [2.75, 3.05) is 0 Å². The number of azide groups is 1. The largest absolute Gasteiger partial charge is 0.287 e. The molecule has 1 rings (SSSR count). The second kappa shape index (κ2) is 7.75. The van der Waals surface area contributed by atoms with Crippen molar-refractivity contribution in [1.29, 1.82) is 0 Å². The highest BCUT2D eigenvalue weighted by molar-refractivity contribution is 8.13. The summed E-state index contributed by atoms with van der Waals surface area (Å²) in [6.07, 6.45) is 1.21. The summed E-state index contributed by atoms with van der Waals surface area (Å²) in [7, 11) is 0. The third-order valence-electron chi connectivity index (χ3n) is 2.92. The van der Waals surface area contributed by atoms with Crippen LogP contribution in [0, 0.1) is 17.6 Å². The lowest BCUT2D eigenvalue weighted by Crippen LogP contribution is -2.09. The minimum absolute atomic E-state index is 0.162. The summed E-state index contributed by atoms with van der Waals surface area (Å²) in [6.45, 7) is 3.68. The summed E-state index contributed by atoms with van der Waals surface area (Å²) < 4.78 is 27.2. The lowest BCUT2D eigenvalue weighted by Gasteiger charge is -2.11. The summed E-state index contributed by atoms with van der Waals surface area (Å²) in [4.78, 5) is 25.4. The van der Waals surface area contributed by atoms with E-state index in [1.54, 1.807) is 0 Å². The molecule has 0 aliphatic rings. The second-order valence-corrected chi connectivity index (χ2v) is 5.24. The fraction of sp³-hybridized carbons (Fsp3) is 0.385. The quantitative estimate of drug-likeness (QED) is 0.348. The van der Waals surface area contributed by atoms with Crippen LogP contribution in [-0.4, -0.2) is 11.0 Å². The first-order valence-corrected chi connectivity index (χ1v) is 7.06. The average molecular weight is 313 g/mol. The van der Waals surface area contributed by atoms with Crippen LogP contribution < -0.4 is 0 Å². The minimum Gasteiger partial charge on any atom is -0.287 e. The molecule has 0 spiro atoms. The van der Waals surface area contributed by atoms with Crippen LogP contribution in [-0.2, 0) is 4.79 Å². The summed E-state index contributed by atoms with van der Waals surface area (Å²) in [5, 5.41) is 2.50. The van der Waals surface area contributed by atoms with Crippen LogP contribution in [0.25, 0.3) is 10.4 Å². The molecule has 0 fully saturated rings. The summed E-state index contributed by atoms with van der Waals surface area (Å²) in [6, 6.07) is 1.40. The van der Waals surface area contributed by atoms with Gasteiger partial charge in [0.1, 0.15) is 11.6 Å². The molecule has 0 saturated carbocycles. The predicted molar refractivity (Wildman–Crippen MR) is 74.8 cm³/mol. The van der Waals surface area contributed by atoms with Crippen molar-refractivity contribution in [2.45, 2.75) is 31.6 Å². The van der Waals surface area contributed by atoms with Crippen LogP contribution in [0.2, 0.25) is 0 Å². The molecule has 1 aromatic carbocycles. The summed E-state index contributed by atoms with van der Waals surface area (Å²) in [5.41, 5.74) is 7.62. The Morgan fingerprint density at radius 3 is 2.43 bits per heavy atom. The first-order chi connectivity index (χ1) is 9.94. The Hall–Kier alpha value is -1.92. The minimum atomic E-state index is -1.16. The van der Waals surface area contributed by atoms with E-state index in [4.69, 9.17) is 5.53 Å². The first kappa shape index (κ1) is 17.1. The van der Waals surface area contributed by atoms with E-state index in [1.807, 2.05) is 13.8 Å². The van der Waals surface area contributed by atoms with Gasteiger partial charge in [0.05, 0.1) is 10.5 Å². The maximum atomic E-state index is 13.7. The van der Waals surface area contributed by atoms with Crippen molar-refractivity contribution >= 4 is 22.8 Å². The zero-order chi connectivity index (χ0) is 16.0. The van der Waals surface area contributed by atoms with Gasteiger partial charge in [-0.25, -0.2) is 8.78 Å². The maximum Gasteiger partial charge on any atom is 0.252 e. The molecule has 8 heteroatoms. The van der Waals surface area contributed by atoms with Gasteiger partial charge in [-0.3, -0.25) is 9.59 Å². The van der Waals surface area contributed by atoms with E-state index in [-0.39, 0.29) is 15.9 Å². The predicted octanol–water partition coefficient (Wildman–Crippen LogP) is 4.47. The number of hydrogen-bond donors (Lipinski definition) is 0. The molecule has 0 unspecified atom stereocenters. The van der Waals surface area contributed by atoms with Crippen molar-refractivity contribution in [1.82, 2.24) is 0 Å². The van der Waals surface area contributed by atoms with Crippen LogP contribution in [0.3, 0.4) is 0 Å². The summed E-state index contributed by atoms with van der Waals surface area (Å²) >= 11 is 0.618. The van der Waals surface area contributed by atoms with Gasteiger partial charge in [-0.1, -0.05) is 13.8 Å². The molecule has 0 aromatic heterocycles. The number of halogens is 2. The van der Waals surface area contributed by atoms with Crippen LogP contribution >= 0.6 is 11.8 Å². The van der Waals surface area contributed by atoms with Gasteiger partial charge >= 0.3 is 0 Å². The number of rotatable bonds is 5. The lowest BCUT2D eigenvalue weighted by molar-refractivity contribution is -0.114. The average Bonchev–Trinajstić information content (AvgIpc) is 2.43. The number of carbonyl (C=O) groups excluding carboxylic acids is 2. The van der Waals surface area contributed by atoms with Gasteiger partial charge in [-0.2, -0.15) is 0 Å². The fourth-order valence-electron chi connectivity index (χ4n) is 1.68. The second-order valence-electron chi connectivity index (χ2n) is 4.19. The maximum absolute atomic E-state index is 13.7. The van der Waals surface area contributed by atoms with Crippen LogP contribution in [0.15, 0.2) is 22.1 Å². The molecule has 0 N–H and O–H groups in total. The van der Waals surface area contributed by atoms with Crippen molar-refractivity contribution in [3.8, 4) is 0 Å². The van der Waals surface area contributed by atoms with Crippen LogP contribution in [0.4, 0.5) is 8.78 Å². The standard InChI is InChI=1S/C13H13F2N3O2S/c1-3-7(4-2)13(20)21-11-5-8(12(19)17-18-16)9(14)6-10(11)15/h5-7H,3-4H2,1-2H3. The zero-order valence-corrected chi connectivity index (χ0v) is 12.3. The molecule has 0 heterocycles. The molecule has 0 saturated heterocycles. The number of hydrogen-bond acceptors (Lipinski definition) is 3. The Kier molecular flexibility index (Phi) is 6.33. The molecule has 0 aliphatic heterocycles. The molecule has 1 amide bonds. The van der Waals surface area contributed by atoms with E-state index < -0.39 is 23.1 Å². The molecular weight excluding hydrogens is 300 g/mol. The molecule has 0 aliphatic carbocycles. The highest BCUT2D eigenvalue weighted by Gasteiger charge is 2.21. The van der Waals surface area contributed by atoms with Gasteiger partial charge in [0, 0.05) is 16.9 Å². The van der Waals surface area contributed by atoms with Gasteiger partial charge in [0.25, 0.3) is 5.91 Å². The molecule has 0 radical (unpaired) electrons. The Morgan fingerprint density at radius 2 is 1.90 bits per heavy atom. The number of carbonyl (C=O) groups is 2. The van der Waals surface area contributed by atoms with E-state index in [2.05, 4.69) is 10.0 Å². The number of nitrogens with zero attached hydrogens (tertiary/aromatic N) is 3. The van der Waals surface area contributed by atoms with E-state index in [1.165, 1.54) is 0 Å². The third kappa shape index (κ3) is 4.27. The Labute approximate surface area is 124 Å². The van der Waals surface area contributed by atoms with Crippen molar-refractivity contribution in [3.05, 3.63) is 39.8 Å². The Balaban J connectivity index is 3.13. The van der Waals surface area contributed by atoms with Gasteiger partial charge in [0.15, 0.2) is 5.12 Å². The Bertz CT molecular complexity index is 612. The van der Waals surface area contributed by atoms with E-state index >= 15 is 0 Å². The SMILES string of the molecule is CCC(CC)C(=O)Sc1cc(C(=O)N=[N+]=[N-])c(F)cc1F. The fourth-order valence-corrected chi connectivity index (χ4v) is 2.73. The van der Waals surface area contributed by atoms with Crippen molar-refractivity contribution < 1.29 is 18.4 Å². The molecule has 112 valence electrons. The van der Waals surface area contributed by atoms with E-state index in [9.17, 15) is 18.4 Å². The van der Waals surface area contributed by atoms with Crippen LogP contribution in [0.1, 0.15) is 37.0 Å². The lowest BCUT2D eigenvalue weighted by atomic mass is 10.1. The van der Waals surface area contributed by atoms with Gasteiger partial charge in [0.2, 0.25) is 0 Å². The zero-order valence-electron chi connectivity index (χ0n) is 11.5. The highest BCUT2D eigenvalue weighted by Crippen LogP contribution is 2.29. The Morgan fingerprint density at radius 1 is 1.29 bits per heavy atom. The van der Waals surface area contributed by atoms with Crippen molar-refractivity contribution in [2.24, 2.45) is 11.0 Å². The van der Waals surface area contributed by atoms with Gasteiger partial charge in [-0.05, 0) is 41.3 Å². The monoisotopic (exact) mass is 313 g/mol. The number of benzene rings is 1. The van der Waals surface area contributed by atoms with Crippen molar-refractivity contribution in [3.63, 3.8) is 0 Å². The number of amides is 1. The van der Waals surface area contributed by atoms with Gasteiger partial charge < -0.3 is 0 Å². The van der Waals surface area contributed by atoms with Crippen LogP contribution in [0.5, 0.6) is 0 Å². The molecule has 0 bridgehead atoms. The van der Waals surface area contributed by atoms with E-state index in [0.717, 1.165) is 6.07 Å². The van der Waals surface area contributed by atoms with Gasteiger partial charge in [-0.15, -0.1) is 0 Å². The molecule has 21 heavy (non-hydrogen) atoms. The normalized spacial score (nSPS) is 10.3. The third-order valence-corrected chi connectivity index (χ3v) is 3.98. The topological polar surface area (TPSA) is 82.9 Å². The molecule has 5 nitrogen and oxygen atoms in total. The molecular formula is C13H13F2N3O2S. The molecule has 1 aromatic rings. The molecule has 0 atom stereocenters. The number of thioether (sulfide) groups is 1. The summed E-state index contributed by atoms with van der Waals surface area (Å²) in [5.74, 6) is -3.47. The smallest absolute Gasteiger partial charge is 0.252 e. The highest BCUT2D eigenvalue weighted by atomic mass is 32.2.